The predicted octanol–water partition coefficient (Wildman–Crippen LogP) is 6.46. The molecule has 2 aromatic heterocycles. The number of alkyl halides is 1. The summed E-state index contributed by atoms with van der Waals surface area (Å²) >= 11 is 5.35. The minimum absolute atomic E-state index is 0.129. The number of hydrogen-bond acceptors (Lipinski definition) is 12. The number of halogens is 1. The van der Waals surface area contributed by atoms with Crippen molar-refractivity contribution in [3.8, 4) is 23.0 Å². The van der Waals surface area contributed by atoms with Crippen molar-refractivity contribution in [3.05, 3.63) is 144 Å². The number of benzene rings is 4. The zero-order chi connectivity index (χ0) is 47.4. The van der Waals surface area contributed by atoms with E-state index in [1.165, 1.54) is 27.2 Å². The molecule has 0 spiro atoms. The second-order valence-corrected chi connectivity index (χ2v) is 19.4. The van der Waals surface area contributed by atoms with Crippen LogP contribution >= 0.6 is 11.6 Å². The van der Waals surface area contributed by atoms with Crippen molar-refractivity contribution >= 4 is 31.6 Å². The molecule has 0 bridgehead atoms. The molecule has 4 aromatic carbocycles. The Kier molecular flexibility index (Phi) is 20.8. The van der Waals surface area contributed by atoms with Crippen molar-refractivity contribution in [2.45, 2.75) is 42.5 Å². The lowest BCUT2D eigenvalue weighted by molar-refractivity contribution is 0.373. The van der Waals surface area contributed by atoms with Crippen LogP contribution in [0.3, 0.4) is 0 Å². The molecule has 0 atom stereocenters. The van der Waals surface area contributed by atoms with E-state index in [1.807, 2.05) is 135 Å². The number of aromatic nitrogens is 4. The number of likely N-dealkylation sites (N-methyl/N-ethyl adjacent to an activating group) is 1. The molecule has 19 heteroatoms. The van der Waals surface area contributed by atoms with Gasteiger partial charge in [-0.1, -0.05) is 48.5 Å². The first kappa shape index (κ1) is 52.2. The molecule has 6 aromatic rings. The van der Waals surface area contributed by atoms with Crippen LogP contribution in [0.1, 0.15) is 22.3 Å². The molecule has 0 aliphatic heterocycles. The van der Waals surface area contributed by atoms with Crippen molar-refractivity contribution in [2.24, 2.45) is 0 Å². The third-order valence-electron chi connectivity index (χ3n) is 9.74. The minimum Gasteiger partial charge on any atom is -0.497 e. The van der Waals surface area contributed by atoms with Crippen LogP contribution in [0.4, 0.5) is 0 Å². The summed E-state index contributed by atoms with van der Waals surface area (Å²) in [6.07, 6.45) is 5.70. The highest BCUT2D eigenvalue weighted by Crippen LogP contribution is 2.25. The Balaban J connectivity index is 0.000000255. The van der Waals surface area contributed by atoms with Gasteiger partial charge in [0.1, 0.15) is 32.8 Å². The van der Waals surface area contributed by atoms with Gasteiger partial charge in [0.15, 0.2) is 0 Å². The van der Waals surface area contributed by atoms with Crippen molar-refractivity contribution in [2.75, 3.05) is 75.6 Å². The number of nitrogens with one attached hydrogen (secondary N) is 1. The van der Waals surface area contributed by atoms with Crippen LogP contribution < -0.4 is 18.9 Å². The molecule has 0 radical (unpaired) electrons. The van der Waals surface area contributed by atoms with Gasteiger partial charge in [0.2, 0.25) is 20.0 Å². The molecule has 16 nitrogen and oxygen atoms in total. The van der Waals surface area contributed by atoms with E-state index in [1.54, 1.807) is 39.3 Å². The van der Waals surface area contributed by atoms with E-state index >= 15 is 0 Å². The highest BCUT2D eigenvalue weighted by molar-refractivity contribution is 7.89. The largest absolute Gasteiger partial charge is 0.497 e. The van der Waals surface area contributed by atoms with Gasteiger partial charge in [-0.2, -0.15) is 18.8 Å². The first-order valence-electron chi connectivity index (χ1n) is 20.5. The van der Waals surface area contributed by atoms with Crippen molar-refractivity contribution in [3.63, 3.8) is 0 Å². The van der Waals surface area contributed by atoms with Gasteiger partial charge in [0, 0.05) is 57.5 Å². The van der Waals surface area contributed by atoms with Crippen molar-refractivity contribution in [1.29, 1.82) is 0 Å². The Morgan fingerprint density at radius 2 is 0.892 bits per heavy atom. The van der Waals surface area contributed by atoms with Crippen molar-refractivity contribution < 1.29 is 35.8 Å². The molecule has 6 rings (SSSR count). The lowest BCUT2D eigenvalue weighted by Crippen LogP contribution is -2.30. The molecule has 0 unspecified atom stereocenters. The van der Waals surface area contributed by atoms with Crippen LogP contribution in [-0.4, -0.2) is 131 Å². The predicted molar refractivity (Wildman–Crippen MR) is 253 cm³/mol. The molecule has 0 amide bonds. The van der Waals surface area contributed by atoms with Gasteiger partial charge in [-0.3, -0.25) is 9.78 Å². The summed E-state index contributed by atoms with van der Waals surface area (Å²) in [5, 5.41) is 10.6. The van der Waals surface area contributed by atoms with E-state index in [9.17, 15) is 16.8 Å². The van der Waals surface area contributed by atoms with E-state index < -0.39 is 20.0 Å². The average molecular weight is 954 g/mol. The van der Waals surface area contributed by atoms with E-state index in [-0.39, 0.29) is 36.0 Å². The van der Waals surface area contributed by atoms with Crippen molar-refractivity contribution in [1.82, 2.24) is 38.4 Å². The number of ether oxygens (including phenoxy) is 4. The molecule has 65 heavy (non-hydrogen) atoms. The summed E-state index contributed by atoms with van der Waals surface area (Å²) in [7, 11) is 6.84. The summed E-state index contributed by atoms with van der Waals surface area (Å²) in [5.41, 5.74) is 3.44. The monoisotopic (exact) mass is 952 g/mol. The van der Waals surface area contributed by atoms with Crippen LogP contribution in [0.15, 0.2) is 132 Å². The number of sulfonamides is 2. The minimum atomic E-state index is -3.77. The van der Waals surface area contributed by atoms with Crippen LogP contribution in [0.5, 0.6) is 23.0 Å². The normalized spacial score (nSPS) is 11.5. The maximum Gasteiger partial charge on any atom is 0.246 e. The van der Waals surface area contributed by atoms with Gasteiger partial charge < -0.3 is 28.7 Å². The summed E-state index contributed by atoms with van der Waals surface area (Å²) in [6.45, 7) is 3.25. The Morgan fingerprint density at radius 3 is 1.17 bits per heavy atom. The number of nitrogens with zero attached hydrogens (tertiary/aromatic N) is 7. The molecule has 0 saturated carbocycles. The summed E-state index contributed by atoms with van der Waals surface area (Å²) < 4.78 is 78.5. The maximum absolute atomic E-state index is 13.6. The Morgan fingerprint density at radius 1 is 0.538 bits per heavy atom. The van der Waals surface area contributed by atoms with E-state index in [0.29, 0.717) is 6.54 Å². The topological polar surface area (TPSA) is 165 Å². The second-order valence-electron chi connectivity index (χ2n) is 15.1. The van der Waals surface area contributed by atoms with Gasteiger partial charge in [0.05, 0.1) is 47.4 Å². The summed E-state index contributed by atoms with van der Waals surface area (Å²) in [4.78, 5) is 4.38. The zero-order valence-electron chi connectivity index (χ0n) is 38.3. The number of hydrogen-bond donors (Lipinski definition) is 1. The molecular formula is C46H61ClN8O8S2. The summed E-state index contributed by atoms with van der Waals surface area (Å²) in [5.74, 6) is 3.62. The molecular weight excluding hydrogens is 892 g/mol. The lowest BCUT2D eigenvalue weighted by Gasteiger charge is -2.22. The fourth-order valence-electron chi connectivity index (χ4n) is 5.94. The molecule has 1 N–H and O–H groups in total. The fraction of sp³-hybridized carbons (Fsp3) is 0.348. The van der Waals surface area contributed by atoms with Crippen LogP contribution in [0.2, 0.25) is 0 Å². The molecule has 0 fully saturated rings. The Labute approximate surface area is 389 Å². The van der Waals surface area contributed by atoms with Gasteiger partial charge in [-0.15, -0.1) is 11.6 Å². The molecule has 0 aliphatic rings. The smallest absolute Gasteiger partial charge is 0.246 e. The van der Waals surface area contributed by atoms with Crippen LogP contribution in [0.25, 0.3) is 0 Å². The zero-order valence-corrected chi connectivity index (χ0v) is 40.7. The standard InChI is InChI=1S/C23H30N4O4S.C19H21N3O4S.C4H10ClN/c1-25(2)13-14-26-18-23(15-24-26)32(28,29)27(16-19-5-9-21(30-3)10-6-19)17-20-7-11-22(31-4)12-8-20;1-25-17-7-3-15(4-8-17)13-22(27(23,24)19-11-20-21-12-19)14-16-5-9-18(26-2)10-6-16;1-6(2)4-3-5/h5-12,15,18H,13-14,16-17H2,1-4H3;3-12H,13-14H2,1-2H3,(H,20,21);3-4H2,1-2H3. The summed E-state index contributed by atoms with van der Waals surface area (Å²) in [6, 6.07) is 29.4. The quantitative estimate of drug-likeness (QED) is 0.0785. The fourth-order valence-corrected chi connectivity index (χ4v) is 8.97. The second kappa shape index (κ2) is 25.9. The van der Waals surface area contributed by atoms with Gasteiger partial charge in [0.25, 0.3) is 0 Å². The Hall–Kier alpha value is -5.47. The lowest BCUT2D eigenvalue weighted by atomic mass is 10.2. The average Bonchev–Trinajstić information content (AvgIpc) is 4.04. The highest BCUT2D eigenvalue weighted by Gasteiger charge is 2.28. The first-order chi connectivity index (χ1) is 31.1. The Bertz CT molecular complexity index is 2390. The van der Waals surface area contributed by atoms with E-state index in [4.69, 9.17) is 30.5 Å². The van der Waals surface area contributed by atoms with Gasteiger partial charge in [-0.25, -0.2) is 16.8 Å². The SMILES string of the molecule is CN(C)CCCl.COc1ccc(CN(Cc2ccc(OC)cc2)S(=O)(=O)c2cn[nH]c2)cc1.COc1ccc(CN(Cc2ccc(OC)cc2)S(=O)(=O)c2cnn(CCN(C)C)c2)cc1. The number of methoxy groups -OCH3 is 4. The third-order valence-corrected chi connectivity index (χ3v) is 13.4. The molecule has 0 aliphatic carbocycles. The molecule has 0 saturated heterocycles. The van der Waals surface area contributed by atoms with E-state index in [2.05, 4.69) is 15.3 Å². The maximum atomic E-state index is 13.6. The first-order valence-corrected chi connectivity index (χ1v) is 23.9. The highest BCUT2D eigenvalue weighted by atomic mass is 35.5. The van der Waals surface area contributed by atoms with Gasteiger partial charge in [-0.05, 0) is 99.0 Å². The van der Waals surface area contributed by atoms with Crippen LogP contribution in [-0.2, 0) is 52.8 Å². The number of H-pyrrole nitrogens is 1. The number of aromatic amines is 1. The molecule has 352 valence electrons. The number of rotatable bonds is 21. The molecule has 2 heterocycles. The van der Waals surface area contributed by atoms with Crippen LogP contribution in [0, 0.1) is 0 Å². The third kappa shape index (κ3) is 16.5. The van der Waals surface area contributed by atoms with Gasteiger partial charge >= 0.3 is 0 Å². The van der Waals surface area contributed by atoms with E-state index in [0.717, 1.165) is 64.2 Å².